The molecule has 0 bridgehead atoms. The number of para-hydroxylation sites is 2. The molecule has 0 spiro atoms. The molecular weight excluding hydrogens is 490 g/mol. The first-order valence-electron chi connectivity index (χ1n) is 13.5. The van der Waals surface area contributed by atoms with Crippen LogP contribution in [-0.2, 0) is 6.42 Å². The molecule has 188 valence electrons. The van der Waals surface area contributed by atoms with Crippen molar-refractivity contribution in [3.8, 4) is 34.1 Å². The molecule has 0 radical (unpaired) electrons. The Morgan fingerprint density at radius 2 is 1.60 bits per heavy atom. The molecule has 7 aromatic rings. The maximum atomic E-state index is 10.6. The van der Waals surface area contributed by atoms with Crippen LogP contribution in [0.5, 0.6) is 0 Å². The summed E-state index contributed by atoms with van der Waals surface area (Å²) in [6.45, 7) is 0. The van der Waals surface area contributed by atoms with Crippen LogP contribution >= 0.6 is 0 Å². The fraction of sp³-hybridized carbons (Fsp3) is 0.0556. The van der Waals surface area contributed by atoms with Crippen molar-refractivity contribution < 1.29 is 4.42 Å². The van der Waals surface area contributed by atoms with E-state index in [9.17, 15) is 5.26 Å². The van der Waals surface area contributed by atoms with Gasteiger partial charge < -0.3 is 8.98 Å². The van der Waals surface area contributed by atoms with Crippen LogP contribution in [0.3, 0.4) is 0 Å². The zero-order valence-corrected chi connectivity index (χ0v) is 21.6. The summed E-state index contributed by atoms with van der Waals surface area (Å²) in [6.07, 6.45) is 8.15. The lowest BCUT2D eigenvalue weighted by Gasteiger charge is -2.20. The van der Waals surface area contributed by atoms with Crippen LogP contribution in [0.15, 0.2) is 114 Å². The number of benzene rings is 4. The van der Waals surface area contributed by atoms with Crippen LogP contribution in [0.1, 0.15) is 23.2 Å². The van der Waals surface area contributed by atoms with Gasteiger partial charge in [0.25, 0.3) is 0 Å². The van der Waals surface area contributed by atoms with Gasteiger partial charge in [-0.05, 0) is 66.9 Å². The van der Waals surface area contributed by atoms with Crippen LogP contribution in [0, 0.1) is 11.3 Å². The minimum absolute atomic E-state index is 0.619. The second-order valence-corrected chi connectivity index (χ2v) is 10.2. The lowest BCUT2D eigenvalue weighted by molar-refractivity contribution is 0.669. The van der Waals surface area contributed by atoms with E-state index in [0.717, 1.165) is 68.4 Å². The fourth-order valence-electron chi connectivity index (χ4n) is 6.18. The molecule has 0 unspecified atom stereocenters. The topological polar surface area (TPSA) is 54.8 Å². The number of hydrogen-bond acceptors (Lipinski definition) is 3. The molecule has 4 nitrogen and oxygen atoms in total. The number of nitriles is 1. The lowest BCUT2D eigenvalue weighted by atomic mass is 9.94. The number of nitrogens with zero attached hydrogens (tertiary/aromatic N) is 3. The summed E-state index contributed by atoms with van der Waals surface area (Å²) in [5.41, 5.74) is 10.6. The third-order valence-corrected chi connectivity index (χ3v) is 7.95. The van der Waals surface area contributed by atoms with Crippen LogP contribution < -0.4 is 0 Å². The Kier molecular flexibility index (Phi) is 4.98. The zero-order valence-electron chi connectivity index (χ0n) is 21.6. The van der Waals surface area contributed by atoms with E-state index < -0.39 is 0 Å². The number of hydrogen-bond donors (Lipinski definition) is 0. The molecule has 3 aromatic heterocycles. The summed E-state index contributed by atoms with van der Waals surface area (Å²) in [6, 6.07) is 35.6. The molecule has 0 aliphatic heterocycles. The summed E-state index contributed by atoms with van der Waals surface area (Å²) in [5, 5.41) is 13.9. The van der Waals surface area contributed by atoms with Gasteiger partial charge in [0, 0.05) is 44.7 Å². The second-order valence-electron chi connectivity index (χ2n) is 10.2. The molecule has 0 saturated heterocycles. The van der Waals surface area contributed by atoms with Gasteiger partial charge in [-0.3, -0.25) is 4.98 Å². The minimum Gasteiger partial charge on any atom is -0.456 e. The third kappa shape index (κ3) is 3.35. The predicted molar refractivity (Wildman–Crippen MR) is 161 cm³/mol. The first-order valence-corrected chi connectivity index (χ1v) is 13.5. The average Bonchev–Trinajstić information content (AvgIpc) is 3.56. The van der Waals surface area contributed by atoms with E-state index >= 15 is 0 Å². The highest BCUT2D eigenvalue weighted by molar-refractivity contribution is 6.07. The summed E-state index contributed by atoms with van der Waals surface area (Å²) in [4.78, 5) is 4.61. The van der Waals surface area contributed by atoms with Crippen molar-refractivity contribution in [2.75, 3.05) is 0 Å². The number of furan rings is 1. The number of allylic oxidation sites excluding steroid dienone is 1. The van der Waals surface area contributed by atoms with E-state index in [1.54, 1.807) is 6.20 Å². The highest BCUT2D eigenvalue weighted by atomic mass is 16.3. The van der Waals surface area contributed by atoms with Gasteiger partial charge in [-0.15, -0.1) is 0 Å². The third-order valence-electron chi connectivity index (χ3n) is 7.95. The normalized spacial score (nSPS) is 12.7. The highest BCUT2D eigenvalue weighted by Crippen LogP contribution is 2.42. The molecule has 4 heteroatoms. The molecule has 0 N–H and O–H groups in total. The van der Waals surface area contributed by atoms with E-state index in [4.69, 9.17) is 4.42 Å². The molecule has 0 amide bonds. The number of fused-ring (bicyclic) bond motifs is 6. The van der Waals surface area contributed by atoms with Crippen molar-refractivity contribution in [1.29, 1.82) is 5.26 Å². The van der Waals surface area contributed by atoms with Crippen LogP contribution in [0.4, 0.5) is 0 Å². The van der Waals surface area contributed by atoms with Crippen molar-refractivity contribution in [1.82, 2.24) is 9.55 Å². The van der Waals surface area contributed by atoms with E-state index in [2.05, 4.69) is 76.3 Å². The van der Waals surface area contributed by atoms with Crippen molar-refractivity contribution in [2.45, 2.75) is 12.8 Å². The van der Waals surface area contributed by atoms with Gasteiger partial charge in [0.2, 0.25) is 0 Å². The van der Waals surface area contributed by atoms with E-state index in [0.29, 0.717) is 5.56 Å². The molecule has 8 rings (SSSR count). The molecular formula is C36H23N3O. The quantitative estimate of drug-likeness (QED) is 0.237. The Morgan fingerprint density at radius 1 is 0.775 bits per heavy atom. The Morgan fingerprint density at radius 3 is 2.48 bits per heavy atom. The van der Waals surface area contributed by atoms with Crippen LogP contribution in [0.25, 0.3) is 67.0 Å². The number of pyridine rings is 1. The summed E-state index contributed by atoms with van der Waals surface area (Å²) >= 11 is 0. The molecule has 3 heterocycles. The van der Waals surface area contributed by atoms with Gasteiger partial charge in [-0.1, -0.05) is 60.7 Å². The number of rotatable bonds is 3. The van der Waals surface area contributed by atoms with Crippen molar-refractivity contribution in [3.05, 3.63) is 126 Å². The molecule has 1 aliphatic rings. The molecule has 40 heavy (non-hydrogen) atoms. The maximum absolute atomic E-state index is 10.6. The molecule has 0 atom stereocenters. The smallest absolute Gasteiger partial charge is 0.135 e. The van der Waals surface area contributed by atoms with Gasteiger partial charge in [0.05, 0.1) is 22.5 Å². The first kappa shape index (κ1) is 22.6. The van der Waals surface area contributed by atoms with E-state index in [1.807, 2.05) is 48.5 Å². The molecule has 1 aliphatic carbocycles. The van der Waals surface area contributed by atoms with Crippen LogP contribution in [0.2, 0.25) is 0 Å². The molecule has 4 aromatic carbocycles. The van der Waals surface area contributed by atoms with E-state index in [-0.39, 0.29) is 0 Å². The van der Waals surface area contributed by atoms with Gasteiger partial charge in [-0.25, -0.2) is 0 Å². The number of aromatic nitrogens is 2. The Bertz CT molecular complexity index is 2170. The molecule has 0 fully saturated rings. The Hall–Kier alpha value is -5.40. The monoisotopic (exact) mass is 513 g/mol. The Balaban J connectivity index is 1.50. The van der Waals surface area contributed by atoms with Gasteiger partial charge in [-0.2, -0.15) is 5.26 Å². The Labute approximate surface area is 231 Å². The minimum atomic E-state index is 0.619. The largest absolute Gasteiger partial charge is 0.456 e. The SMILES string of the molecule is N#Cc1cc(-c2ccccn2)cc(-c2ccc3oc4ccccc4c3c2)c1-n1c2c(c3ccccc31)C=CCC2. The fourth-order valence-corrected chi connectivity index (χ4v) is 6.18. The van der Waals surface area contributed by atoms with Crippen molar-refractivity contribution in [2.24, 2.45) is 0 Å². The van der Waals surface area contributed by atoms with Gasteiger partial charge in [0.15, 0.2) is 0 Å². The van der Waals surface area contributed by atoms with Crippen molar-refractivity contribution in [3.63, 3.8) is 0 Å². The summed E-state index contributed by atoms with van der Waals surface area (Å²) in [7, 11) is 0. The summed E-state index contributed by atoms with van der Waals surface area (Å²) in [5.74, 6) is 0. The van der Waals surface area contributed by atoms with Gasteiger partial charge in [0.1, 0.15) is 17.2 Å². The van der Waals surface area contributed by atoms with Gasteiger partial charge >= 0.3 is 0 Å². The van der Waals surface area contributed by atoms with Crippen molar-refractivity contribution >= 4 is 38.9 Å². The lowest BCUT2D eigenvalue weighted by Crippen LogP contribution is -2.07. The maximum Gasteiger partial charge on any atom is 0.135 e. The first-order chi connectivity index (χ1) is 19.8. The summed E-state index contributed by atoms with van der Waals surface area (Å²) < 4.78 is 8.46. The standard InChI is InChI=1S/C36H23N3O/c37-22-25-19-24(31-12-7-8-18-38-31)21-29(23-16-17-35-30(20-23)28-11-3-6-15-34(28)40-35)36(25)39-32-13-4-1-9-26(32)27-10-2-5-14-33(27)39/h1-4,6-13,15-21H,5,14H2. The van der Waals surface area contributed by atoms with E-state index in [1.165, 1.54) is 16.6 Å². The molecule has 0 saturated carbocycles. The predicted octanol–water partition coefficient (Wildman–Crippen LogP) is 9.09. The average molecular weight is 514 g/mol. The second kappa shape index (κ2) is 8.83. The highest BCUT2D eigenvalue weighted by Gasteiger charge is 2.24. The van der Waals surface area contributed by atoms with Crippen LogP contribution in [-0.4, -0.2) is 9.55 Å². The zero-order chi connectivity index (χ0) is 26.6.